The van der Waals surface area contributed by atoms with Crippen LogP contribution in [0, 0.1) is 18.3 Å². The van der Waals surface area contributed by atoms with Crippen molar-refractivity contribution in [2.45, 2.75) is 13.5 Å². The zero-order valence-corrected chi connectivity index (χ0v) is 13.5. The monoisotopic (exact) mass is 333 g/mol. The van der Waals surface area contributed by atoms with E-state index in [1.165, 1.54) is 6.07 Å². The van der Waals surface area contributed by atoms with Crippen LogP contribution in [0.3, 0.4) is 0 Å². The minimum absolute atomic E-state index is 0.104. The minimum atomic E-state index is -1.11. The number of hydrogen-bond donors (Lipinski definition) is 1. The van der Waals surface area contributed by atoms with Crippen LogP contribution in [-0.4, -0.2) is 11.1 Å². The number of furan rings is 1. The zero-order valence-electron chi connectivity index (χ0n) is 13.5. The molecule has 2 aromatic carbocycles. The number of rotatable bonds is 5. The first-order valence-electron chi connectivity index (χ1n) is 7.63. The normalized spacial score (nSPS) is 10.2. The Morgan fingerprint density at radius 2 is 2.00 bits per heavy atom. The summed E-state index contributed by atoms with van der Waals surface area (Å²) in [6, 6.07) is 18.4. The van der Waals surface area contributed by atoms with Crippen LogP contribution >= 0.6 is 0 Å². The molecule has 1 heterocycles. The molecule has 0 bridgehead atoms. The molecule has 0 spiro atoms. The van der Waals surface area contributed by atoms with Gasteiger partial charge in [-0.1, -0.05) is 30.3 Å². The van der Waals surface area contributed by atoms with Crippen molar-refractivity contribution >= 4 is 5.97 Å². The lowest BCUT2D eigenvalue weighted by atomic mass is 10.0. The van der Waals surface area contributed by atoms with Crippen molar-refractivity contribution in [3.8, 4) is 22.9 Å². The molecule has 0 aliphatic rings. The highest BCUT2D eigenvalue weighted by Gasteiger charge is 2.13. The summed E-state index contributed by atoms with van der Waals surface area (Å²) in [4.78, 5) is 10.9. The van der Waals surface area contributed by atoms with Crippen LogP contribution in [-0.2, 0) is 6.61 Å². The van der Waals surface area contributed by atoms with E-state index in [-0.39, 0.29) is 12.4 Å². The van der Waals surface area contributed by atoms with Gasteiger partial charge in [-0.3, -0.25) is 0 Å². The van der Waals surface area contributed by atoms with Crippen LogP contribution in [0.5, 0.6) is 5.75 Å². The number of nitriles is 1. The summed E-state index contributed by atoms with van der Waals surface area (Å²) in [6.45, 7) is 1.90. The molecular formula is C20H15NO4. The molecule has 0 aliphatic heterocycles. The molecule has 1 N–H and O–H groups in total. The highest BCUT2D eigenvalue weighted by molar-refractivity contribution is 5.84. The largest absolute Gasteiger partial charge is 0.489 e. The van der Waals surface area contributed by atoms with Gasteiger partial charge in [0.15, 0.2) is 0 Å². The highest BCUT2D eigenvalue weighted by Crippen LogP contribution is 2.27. The van der Waals surface area contributed by atoms with Crippen LogP contribution in [0.4, 0.5) is 0 Å². The van der Waals surface area contributed by atoms with Gasteiger partial charge in [0, 0.05) is 5.56 Å². The second kappa shape index (κ2) is 6.93. The van der Waals surface area contributed by atoms with Crippen LogP contribution in [0.1, 0.15) is 27.4 Å². The van der Waals surface area contributed by atoms with Gasteiger partial charge in [0.1, 0.15) is 18.1 Å². The number of hydrogen-bond acceptors (Lipinski definition) is 4. The Hall–Kier alpha value is -3.52. The Balaban J connectivity index is 1.81. The predicted octanol–water partition coefficient (Wildman–Crippen LogP) is 4.40. The van der Waals surface area contributed by atoms with Crippen molar-refractivity contribution in [1.29, 1.82) is 5.26 Å². The van der Waals surface area contributed by atoms with Crippen molar-refractivity contribution in [3.05, 3.63) is 77.2 Å². The molecule has 5 nitrogen and oxygen atoms in total. The van der Waals surface area contributed by atoms with E-state index < -0.39 is 5.97 Å². The molecule has 0 saturated heterocycles. The average Bonchev–Trinajstić information content (AvgIpc) is 3.01. The maximum absolute atomic E-state index is 10.9. The Morgan fingerprint density at radius 3 is 2.72 bits per heavy atom. The summed E-state index contributed by atoms with van der Waals surface area (Å²) in [5.74, 6) is -0.0663. The molecule has 3 rings (SSSR count). The lowest BCUT2D eigenvalue weighted by Gasteiger charge is -2.09. The van der Waals surface area contributed by atoms with E-state index in [1.807, 2.05) is 42.5 Å². The van der Waals surface area contributed by atoms with Gasteiger partial charge in [-0.25, -0.2) is 4.79 Å². The van der Waals surface area contributed by atoms with E-state index in [0.717, 1.165) is 11.1 Å². The number of benzene rings is 2. The molecule has 0 atom stereocenters. The van der Waals surface area contributed by atoms with E-state index in [2.05, 4.69) is 6.07 Å². The molecule has 124 valence electrons. The minimum Gasteiger partial charge on any atom is -0.489 e. The van der Waals surface area contributed by atoms with Crippen LogP contribution in [0.15, 0.2) is 59.0 Å². The Morgan fingerprint density at radius 1 is 1.20 bits per heavy atom. The molecule has 0 radical (unpaired) electrons. The number of carboxylic acids is 1. The van der Waals surface area contributed by atoms with Gasteiger partial charge in [0.05, 0.1) is 11.6 Å². The fraction of sp³-hybridized carbons (Fsp3) is 0.100. The van der Waals surface area contributed by atoms with Gasteiger partial charge in [-0.15, -0.1) is 0 Å². The van der Waals surface area contributed by atoms with E-state index >= 15 is 0 Å². The third-order valence-electron chi connectivity index (χ3n) is 3.82. The molecule has 0 unspecified atom stereocenters. The number of ether oxygens (including phenoxy) is 1. The summed E-state index contributed by atoms with van der Waals surface area (Å²) in [5.41, 5.74) is 2.99. The molecular weight excluding hydrogens is 318 g/mol. The fourth-order valence-electron chi connectivity index (χ4n) is 2.52. The molecule has 0 aliphatic carbocycles. The van der Waals surface area contributed by atoms with Gasteiger partial charge >= 0.3 is 5.97 Å². The van der Waals surface area contributed by atoms with Crippen LogP contribution in [0.2, 0.25) is 0 Å². The summed E-state index contributed by atoms with van der Waals surface area (Å²) < 4.78 is 10.9. The standard InChI is InChI=1S/C20H15NO4/c1-13-16(10-19(25-13)20(22)23)12-24-17-7-4-6-14(9-17)18-8-3-2-5-15(18)11-21/h2-10H,12H2,1H3,(H,22,23). The average molecular weight is 333 g/mol. The Kier molecular flexibility index (Phi) is 4.53. The second-order valence-electron chi connectivity index (χ2n) is 5.47. The topological polar surface area (TPSA) is 83.5 Å². The maximum atomic E-state index is 10.9. The molecule has 0 saturated carbocycles. The maximum Gasteiger partial charge on any atom is 0.371 e. The van der Waals surface area contributed by atoms with Crippen molar-refractivity contribution in [2.24, 2.45) is 0 Å². The van der Waals surface area contributed by atoms with Gasteiger partial charge < -0.3 is 14.3 Å². The first-order valence-corrected chi connectivity index (χ1v) is 7.63. The molecule has 5 heteroatoms. The van der Waals surface area contributed by atoms with E-state index in [0.29, 0.717) is 22.6 Å². The lowest BCUT2D eigenvalue weighted by molar-refractivity contribution is 0.0661. The summed E-state index contributed by atoms with van der Waals surface area (Å²) >= 11 is 0. The van der Waals surface area contributed by atoms with Crippen molar-refractivity contribution < 1.29 is 19.1 Å². The van der Waals surface area contributed by atoms with E-state index in [1.54, 1.807) is 13.0 Å². The number of carboxylic acid groups (broad SMARTS) is 1. The summed E-state index contributed by atoms with van der Waals surface area (Å²) in [5, 5.41) is 18.2. The predicted molar refractivity (Wildman–Crippen MR) is 91.3 cm³/mol. The number of aryl methyl sites for hydroxylation is 1. The van der Waals surface area contributed by atoms with Crippen molar-refractivity contribution in [1.82, 2.24) is 0 Å². The second-order valence-corrected chi connectivity index (χ2v) is 5.47. The number of nitrogens with zero attached hydrogens (tertiary/aromatic N) is 1. The van der Waals surface area contributed by atoms with Crippen molar-refractivity contribution in [2.75, 3.05) is 0 Å². The first kappa shape index (κ1) is 16.3. The quantitative estimate of drug-likeness (QED) is 0.748. The number of aromatic carboxylic acids is 1. The van der Waals surface area contributed by atoms with E-state index in [9.17, 15) is 10.1 Å². The fourth-order valence-corrected chi connectivity index (χ4v) is 2.52. The molecule has 0 fully saturated rings. The zero-order chi connectivity index (χ0) is 17.8. The van der Waals surface area contributed by atoms with Gasteiger partial charge in [0.2, 0.25) is 5.76 Å². The third-order valence-corrected chi connectivity index (χ3v) is 3.82. The van der Waals surface area contributed by atoms with Gasteiger partial charge in [0.25, 0.3) is 0 Å². The summed E-state index contributed by atoms with van der Waals surface area (Å²) in [6.07, 6.45) is 0. The van der Waals surface area contributed by atoms with E-state index in [4.69, 9.17) is 14.3 Å². The molecule has 0 amide bonds. The Bertz CT molecular complexity index is 966. The summed E-state index contributed by atoms with van der Waals surface area (Å²) in [7, 11) is 0. The first-order chi connectivity index (χ1) is 12.1. The van der Waals surface area contributed by atoms with Crippen molar-refractivity contribution in [3.63, 3.8) is 0 Å². The molecule has 1 aromatic heterocycles. The van der Waals surface area contributed by atoms with Crippen LogP contribution in [0.25, 0.3) is 11.1 Å². The SMILES string of the molecule is Cc1oc(C(=O)O)cc1COc1cccc(-c2ccccc2C#N)c1. The lowest BCUT2D eigenvalue weighted by Crippen LogP contribution is -1.96. The molecule has 25 heavy (non-hydrogen) atoms. The number of carbonyl (C=O) groups is 1. The Labute approximate surface area is 144 Å². The highest BCUT2D eigenvalue weighted by atomic mass is 16.5. The van der Waals surface area contributed by atoms with Crippen LogP contribution < -0.4 is 4.74 Å². The van der Waals surface area contributed by atoms with Gasteiger partial charge in [-0.05, 0) is 42.3 Å². The van der Waals surface area contributed by atoms with Gasteiger partial charge in [-0.2, -0.15) is 5.26 Å². The molecule has 3 aromatic rings. The third kappa shape index (κ3) is 3.54. The smallest absolute Gasteiger partial charge is 0.371 e.